The van der Waals surface area contributed by atoms with Gasteiger partial charge in [-0.05, 0) is 31.9 Å². The second-order valence-electron chi connectivity index (χ2n) is 9.39. The molecule has 8 heteroatoms. The lowest BCUT2D eigenvalue weighted by Crippen LogP contribution is -2.47. The predicted molar refractivity (Wildman–Crippen MR) is 133 cm³/mol. The third kappa shape index (κ3) is 4.56. The molecule has 3 aromatic rings. The van der Waals surface area contributed by atoms with Gasteiger partial charge in [0.25, 0.3) is 5.91 Å². The second-order valence-corrected chi connectivity index (χ2v) is 9.39. The van der Waals surface area contributed by atoms with Crippen molar-refractivity contribution in [2.45, 2.75) is 51.0 Å². The second kappa shape index (κ2) is 9.37. The van der Waals surface area contributed by atoms with Gasteiger partial charge in [0, 0.05) is 11.6 Å². The van der Waals surface area contributed by atoms with Gasteiger partial charge in [0.2, 0.25) is 5.91 Å². The highest BCUT2D eigenvalue weighted by atomic mass is 16.2. The highest BCUT2D eigenvalue weighted by molar-refractivity contribution is 6.10. The van der Waals surface area contributed by atoms with Crippen LogP contribution in [0.3, 0.4) is 0 Å². The maximum absolute atomic E-state index is 13.2. The van der Waals surface area contributed by atoms with Crippen LogP contribution in [0.25, 0.3) is 16.9 Å². The van der Waals surface area contributed by atoms with E-state index in [1.54, 1.807) is 10.7 Å². The van der Waals surface area contributed by atoms with Crippen LogP contribution in [-0.4, -0.2) is 44.6 Å². The maximum atomic E-state index is 13.2. The zero-order valence-electron chi connectivity index (χ0n) is 19.8. The monoisotopic (exact) mass is 471 g/mol. The molecule has 2 fully saturated rings. The molecular formula is C27H29N5O3. The van der Waals surface area contributed by atoms with Gasteiger partial charge in [-0.25, -0.2) is 9.48 Å². The number of aryl methyl sites for hydroxylation is 1. The van der Waals surface area contributed by atoms with Crippen LogP contribution < -0.4 is 10.6 Å². The number of aromatic nitrogens is 2. The summed E-state index contributed by atoms with van der Waals surface area (Å²) in [6.45, 7) is 1.68. The smallest absolute Gasteiger partial charge is 0.323 e. The van der Waals surface area contributed by atoms with Crippen molar-refractivity contribution in [3.8, 4) is 16.9 Å². The van der Waals surface area contributed by atoms with E-state index in [-0.39, 0.29) is 12.5 Å². The van der Waals surface area contributed by atoms with Crippen LogP contribution in [0.4, 0.5) is 10.6 Å². The van der Waals surface area contributed by atoms with Gasteiger partial charge in [0.05, 0.1) is 11.4 Å². The number of rotatable bonds is 5. The summed E-state index contributed by atoms with van der Waals surface area (Å²) in [5.74, 6) is -0.281. The van der Waals surface area contributed by atoms with Gasteiger partial charge in [-0.15, -0.1) is 0 Å². The van der Waals surface area contributed by atoms with Crippen LogP contribution in [0.1, 0.15) is 44.1 Å². The third-order valence-corrected chi connectivity index (χ3v) is 6.83. The fourth-order valence-corrected chi connectivity index (χ4v) is 4.92. The van der Waals surface area contributed by atoms with E-state index in [0.29, 0.717) is 24.4 Å². The van der Waals surface area contributed by atoms with Crippen molar-refractivity contribution in [3.05, 3.63) is 66.2 Å². The van der Waals surface area contributed by atoms with Gasteiger partial charge in [-0.2, -0.15) is 5.10 Å². The predicted octanol–water partition coefficient (Wildman–Crippen LogP) is 4.43. The molecule has 1 saturated carbocycles. The van der Waals surface area contributed by atoms with E-state index < -0.39 is 17.5 Å². The van der Waals surface area contributed by atoms with Crippen LogP contribution in [0, 0.1) is 6.92 Å². The number of para-hydroxylation sites is 1. The van der Waals surface area contributed by atoms with E-state index in [0.717, 1.165) is 47.4 Å². The first-order chi connectivity index (χ1) is 16.9. The fraction of sp³-hybridized carbons (Fsp3) is 0.333. The van der Waals surface area contributed by atoms with Crippen LogP contribution in [-0.2, 0) is 9.59 Å². The Hall–Kier alpha value is -3.94. The third-order valence-electron chi connectivity index (χ3n) is 6.83. The zero-order valence-corrected chi connectivity index (χ0v) is 19.8. The van der Waals surface area contributed by atoms with Gasteiger partial charge in [-0.3, -0.25) is 14.5 Å². The van der Waals surface area contributed by atoms with Crippen LogP contribution in [0.15, 0.2) is 60.7 Å². The van der Waals surface area contributed by atoms with Crippen molar-refractivity contribution >= 4 is 23.7 Å². The molecular weight excluding hydrogens is 442 g/mol. The minimum atomic E-state index is -0.863. The van der Waals surface area contributed by atoms with Crippen LogP contribution in [0.5, 0.6) is 0 Å². The number of amides is 4. The maximum Gasteiger partial charge on any atom is 0.325 e. The molecule has 2 aromatic carbocycles. The fourth-order valence-electron chi connectivity index (χ4n) is 4.92. The number of benzene rings is 2. The average molecular weight is 472 g/mol. The Bertz CT molecular complexity index is 1240. The van der Waals surface area contributed by atoms with E-state index in [1.807, 2.05) is 61.5 Å². The standard InChI is InChI=1S/C27H29N5O3/c1-19-11-13-20(14-12-19)22-17-23(32(30-22)21-9-5-4-6-10-21)28-24(33)18-31-25(34)27(29-26(31)35)15-7-2-3-8-16-27/h4-6,9-14,17H,2-3,7-8,15-16,18H2,1H3,(H,28,33)(H,29,35). The first-order valence-electron chi connectivity index (χ1n) is 12.1. The number of carbonyl (C=O) groups is 3. The van der Waals surface area contributed by atoms with Crippen molar-refractivity contribution in [2.75, 3.05) is 11.9 Å². The van der Waals surface area contributed by atoms with Gasteiger partial charge >= 0.3 is 6.03 Å². The molecule has 180 valence electrons. The molecule has 35 heavy (non-hydrogen) atoms. The van der Waals surface area contributed by atoms with Gasteiger partial charge in [0.1, 0.15) is 17.9 Å². The summed E-state index contributed by atoms with van der Waals surface area (Å²) in [5.41, 5.74) is 2.69. The molecule has 8 nitrogen and oxygen atoms in total. The molecule has 1 aliphatic carbocycles. The molecule has 0 radical (unpaired) electrons. The molecule has 2 heterocycles. The highest BCUT2D eigenvalue weighted by Gasteiger charge is 2.51. The van der Waals surface area contributed by atoms with E-state index in [4.69, 9.17) is 5.10 Å². The Morgan fingerprint density at radius 1 is 1.00 bits per heavy atom. The Kier molecular flexibility index (Phi) is 6.11. The molecule has 1 spiro atoms. The number of imide groups is 1. The Morgan fingerprint density at radius 3 is 2.37 bits per heavy atom. The zero-order chi connectivity index (χ0) is 24.4. The van der Waals surface area contributed by atoms with E-state index in [1.165, 1.54) is 0 Å². The molecule has 2 aliphatic rings. The van der Waals surface area contributed by atoms with Gasteiger partial charge < -0.3 is 10.6 Å². The first kappa shape index (κ1) is 22.8. The van der Waals surface area contributed by atoms with E-state index in [9.17, 15) is 14.4 Å². The highest BCUT2D eigenvalue weighted by Crippen LogP contribution is 2.33. The topological polar surface area (TPSA) is 96.3 Å². The summed E-state index contributed by atoms with van der Waals surface area (Å²) in [6, 6.07) is 18.8. The summed E-state index contributed by atoms with van der Waals surface area (Å²) in [5, 5.41) is 10.5. The van der Waals surface area contributed by atoms with Crippen molar-refractivity contribution in [2.24, 2.45) is 0 Å². The lowest BCUT2D eigenvalue weighted by Gasteiger charge is -2.24. The van der Waals surface area contributed by atoms with Crippen molar-refractivity contribution in [1.82, 2.24) is 20.0 Å². The normalized spacial score (nSPS) is 17.3. The average Bonchev–Trinajstić information content (AvgIpc) is 3.25. The Balaban J connectivity index is 1.38. The molecule has 4 amide bonds. The number of urea groups is 1. The molecule has 0 bridgehead atoms. The SMILES string of the molecule is Cc1ccc(-c2cc(NC(=O)CN3C(=O)NC4(CCCCCC4)C3=O)n(-c3ccccc3)n2)cc1. The number of nitrogens with zero attached hydrogens (tertiary/aromatic N) is 3. The summed E-state index contributed by atoms with van der Waals surface area (Å²) >= 11 is 0. The molecule has 5 rings (SSSR count). The Labute approximate surface area is 204 Å². The number of hydrogen-bond acceptors (Lipinski definition) is 4. The van der Waals surface area contributed by atoms with Gasteiger partial charge in [-0.1, -0.05) is 73.7 Å². The van der Waals surface area contributed by atoms with E-state index in [2.05, 4.69) is 10.6 Å². The minimum absolute atomic E-state index is 0.295. The molecule has 0 atom stereocenters. The quantitative estimate of drug-likeness (QED) is 0.538. The molecule has 0 unspecified atom stereocenters. The lowest BCUT2D eigenvalue weighted by atomic mass is 9.90. The molecule has 2 N–H and O–H groups in total. The summed E-state index contributed by atoms with van der Waals surface area (Å²) < 4.78 is 1.66. The largest absolute Gasteiger partial charge is 0.325 e. The number of anilines is 1. The molecule has 1 aliphatic heterocycles. The first-order valence-corrected chi connectivity index (χ1v) is 12.1. The van der Waals surface area contributed by atoms with Crippen molar-refractivity contribution in [3.63, 3.8) is 0 Å². The van der Waals surface area contributed by atoms with Crippen molar-refractivity contribution in [1.29, 1.82) is 0 Å². The summed E-state index contributed by atoms with van der Waals surface area (Å²) in [4.78, 5) is 39.9. The summed E-state index contributed by atoms with van der Waals surface area (Å²) in [6.07, 6.45) is 5.14. The van der Waals surface area contributed by atoms with Crippen LogP contribution >= 0.6 is 0 Å². The number of hydrogen-bond donors (Lipinski definition) is 2. The number of nitrogens with one attached hydrogen (secondary N) is 2. The van der Waals surface area contributed by atoms with E-state index >= 15 is 0 Å². The number of carbonyl (C=O) groups excluding carboxylic acids is 3. The van der Waals surface area contributed by atoms with Crippen molar-refractivity contribution < 1.29 is 14.4 Å². The van der Waals surface area contributed by atoms with Crippen LogP contribution in [0.2, 0.25) is 0 Å². The lowest BCUT2D eigenvalue weighted by molar-refractivity contribution is -0.134. The minimum Gasteiger partial charge on any atom is -0.323 e. The molecule has 1 saturated heterocycles. The summed E-state index contributed by atoms with van der Waals surface area (Å²) in [7, 11) is 0. The van der Waals surface area contributed by atoms with Gasteiger partial charge in [0.15, 0.2) is 0 Å². The molecule has 1 aromatic heterocycles. The Morgan fingerprint density at radius 2 is 1.69 bits per heavy atom.